The Hall–Kier alpha value is -2.21. The Bertz CT molecular complexity index is 845. The molecule has 0 bridgehead atoms. The second kappa shape index (κ2) is 7.35. The van der Waals surface area contributed by atoms with E-state index in [1.54, 1.807) is 31.2 Å². The molecule has 0 spiro atoms. The van der Waals surface area contributed by atoms with Crippen LogP contribution >= 0.6 is 0 Å². The number of hydrogen-bond donors (Lipinski definition) is 0. The molecule has 0 aromatic heterocycles. The Labute approximate surface area is 148 Å². The highest BCUT2D eigenvalue weighted by Crippen LogP contribution is 2.32. The molecule has 5 nitrogen and oxygen atoms in total. The lowest BCUT2D eigenvalue weighted by molar-refractivity contribution is -0.112. The summed E-state index contributed by atoms with van der Waals surface area (Å²) in [4.78, 5) is 12.4. The summed E-state index contributed by atoms with van der Waals surface area (Å²) in [6.45, 7) is 1.73. The van der Waals surface area contributed by atoms with Gasteiger partial charge in [-0.25, -0.2) is 0 Å². The van der Waals surface area contributed by atoms with E-state index in [-0.39, 0.29) is 16.6 Å². The van der Waals surface area contributed by atoms with Crippen molar-refractivity contribution in [3.05, 3.63) is 53.6 Å². The van der Waals surface area contributed by atoms with Crippen molar-refractivity contribution in [3.63, 3.8) is 0 Å². The third-order valence-electron chi connectivity index (χ3n) is 4.64. The molecular formula is C19H21NO4S. The number of benzene rings is 1. The molecule has 0 radical (unpaired) electrons. The number of rotatable bonds is 4. The number of hydrogen-bond acceptors (Lipinski definition) is 5. The molecule has 132 valence electrons. The lowest BCUT2D eigenvalue weighted by Gasteiger charge is -2.25. The summed E-state index contributed by atoms with van der Waals surface area (Å²) in [6, 6.07) is 7.87. The zero-order valence-corrected chi connectivity index (χ0v) is 15.0. The van der Waals surface area contributed by atoms with E-state index < -0.39 is 10.1 Å². The molecule has 2 aliphatic carbocycles. The summed E-state index contributed by atoms with van der Waals surface area (Å²) in [5.74, 6) is 0.218. The van der Waals surface area contributed by atoms with Gasteiger partial charge in [0.15, 0.2) is 5.78 Å². The molecule has 6 heteroatoms. The third kappa shape index (κ3) is 4.07. The minimum absolute atomic E-state index is 0.00531. The molecule has 2 aliphatic rings. The molecule has 1 saturated carbocycles. The van der Waals surface area contributed by atoms with E-state index in [0.717, 1.165) is 25.7 Å². The van der Waals surface area contributed by atoms with Gasteiger partial charge in [-0.05, 0) is 55.5 Å². The number of carbonyl (C=O) groups excluding carboxylic acids is 1. The van der Waals surface area contributed by atoms with Gasteiger partial charge < -0.3 is 0 Å². The van der Waals surface area contributed by atoms with Crippen LogP contribution in [0.2, 0.25) is 0 Å². The van der Waals surface area contributed by atoms with Crippen LogP contribution in [0, 0.1) is 5.92 Å². The molecule has 0 unspecified atom stereocenters. The number of allylic oxidation sites excluding steroid dienone is 4. The Kier molecular flexibility index (Phi) is 5.18. The van der Waals surface area contributed by atoms with Crippen molar-refractivity contribution in [2.75, 3.05) is 0 Å². The van der Waals surface area contributed by atoms with Gasteiger partial charge in [-0.3, -0.25) is 9.08 Å². The molecule has 1 aromatic rings. The highest BCUT2D eigenvalue weighted by Gasteiger charge is 2.26. The molecule has 0 N–H and O–H groups in total. The highest BCUT2D eigenvalue weighted by molar-refractivity contribution is 7.86. The minimum Gasteiger partial charge on any atom is -0.290 e. The number of carbonyl (C=O) groups is 1. The monoisotopic (exact) mass is 359 g/mol. The van der Waals surface area contributed by atoms with Gasteiger partial charge in [0.05, 0.1) is 0 Å². The number of ketones is 1. The quantitative estimate of drug-likeness (QED) is 0.606. The average molecular weight is 359 g/mol. The van der Waals surface area contributed by atoms with Crippen molar-refractivity contribution in [2.45, 2.75) is 43.9 Å². The molecule has 0 amide bonds. The van der Waals surface area contributed by atoms with Gasteiger partial charge in [0.2, 0.25) is 0 Å². The van der Waals surface area contributed by atoms with Gasteiger partial charge in [0.25, 0.3) is 0 Å². The molecule has 1 fully saturated rings. The second-order valence-corrected chi connectivity index (χ2v) is 7.97. The topological polar surface area (TPSA) is 72.8 Å². The predicted octanol–water partition coefficient (Wildman–Crippen LogP) is 3.78. The van der Waals surface area contributed by atoms with Crippen LogP contribution in [0.1, 0.15) is 39.0 Å². The zero-order valence-electron chi connectivity index (χ0n) is 14.1. The van der Waals surface area contributed by atoms with Crippen LogP contribution in [0.3, 0.4) is 0 Å². The van der Waals surface area contributed by atoms with Crippen LogP contribution < -0.4 is 0 Å². The normalized spacial score (nSPS) is 21.0. The number of oxime groups is 1. The van der Waals surface area contributed by atoms with Crippen molar-refractivity contribution >= 4 is 21.6 Å². The summed E-state index contributed by atoms with van der Waals surface area (Å²) < 4.78 is 29.2. The summed E-state index contributed by atoms with van der Waals surface area (Å²) in [6.07, 6.45) is 8.61. The molecule has 0 atom stereocenters. The molecule has 3 rings (SSSR count). The first-order chi connectivity index (χ1) is 12.0. The van der Waals surface area contributed by atoms with Crippen LogP contribution in [0.15, 0.2) is 63.7 Å². The van der Waals surface area contributed by atoms with Crippen LogP contribution in [0.4, 0.5) is 0 Å². The van der Waals surface area contributed by atoms with E-state index in [2.05, 4.69) is 5.16 Å². The van der Waals surface area contributed by atoms with E-state index in [1.165, 1.54) is 24.6 Å². The Morgan fingerprint density at radius 2 is 1.72 bits per heavy atom. The maximum Gasteiger partial charge on any atom is 0.358 e. The molecular weight excluding hydrogens is 338 g/mol. The lowest BCUT2D eigenvalue weighted by atomic mass is 9.79. The second-order valence-electron chi connectivity index (χ2n) is 6.44. The molecule has 1 aromatic carbocycles. The van der Waals surface area contributed by atoms with E-state index in [0.29, 0.717) is 16.9 Å². The van der Waals surface area contributed by atoms with E-state index in [4.69, 9.17) is 4.28 Å². The predicted molar refractivity (Wildman–Crippen MR) is 95.6 cm³/mol. The van der Waals surface area contributed by atoms with Crippen LogP contribution in [-0.2, 0) is 19.2 Å². The summed E-state index contributed by atoms with van der Waals surface area (Å²) in [7, 11) is -3.97. The standard InChI is InChI=1S/C19H21NO4S/c1-14-12-19(21)17(15-8-4-2-5-9-15)13-18(14)20-24-25(22,23)16-10-6-3-7-11-16/h3,6-7,10-13,15H,2,4-5,8-9H2,1H3/b20-18-. The van der Waals surface area contributed by atoms with Gasteiger partial charge in [-0.1, -0.05) is 42.6 Å². The van der Waals surface area contributed by atoms with E-state index >= 15 is 0 Å². The molecule has 0 heterocycles. The maximum atomic E-state index is 12.3. The van der Waals surface area contributed by atoms with Crippen LogP contribution in [0.5, 0.6) is 0 Å². The zero-order chi connectivity index (χ0) is 17.9. The Balaban J connectivity index is 1.84. The van der Waals surface area contributed by atoms with Gasteiger partial charge in [0.1, 0.15) is 10.6 Å². The Morgan fingerprint density at radius 3 is 2.40 bits per heavy atom. The largest absolute Gasteiger partial charge is 0.358 e. The van der Waals surface area contributed by atoms with Gasteiger partial charge in [-0.2, -0.15) is 8.42 Å². The van der Waals surface area contributed by atoms with Crippen molar-refractivity contribution in [1.82, 2.24) is 0 Å². The van der Waals surface area contributed by atoms with Crippen molar-refractivity contribution < 1.29 is 17.5 Å². The van der Waals surface area contributed by atoms with Crippen molar-refractivity contribution in [3.8, 4) is 0 Å². The smallest absolute Gasteiger partial charge is 0.290 e. The van der Waals surface area contributed by atoms with Gasteiger partial charge in [0, 0.05) is 5.57 Å². The number of nitrogens with zero attached hydrogens (tertiary/aromatic N) is 1. The van der Waals surface area contributed by atoms with E-state index in [9.17, 15) is 13.2 Å². The van der Waals surface area contributed by atoms with Crippen LogP contribution in [-0.4, -0.2) is 19.9 Å². The van der Waals surface area contributed by atoms with Crippen LogP contribution in [0.25, 0.3) is 0 Å². The summed E-state index contributed by atoms with van der Waals surface area (Å²) in [5, 5.41) is 3.82. The summed E-state index contributed by atoms with van der Waals surface area (Å²) in [5.41, 5.74) is 1.71. The average Bonchev–Trinajstić information content (AvgIpc) is 2.62. The first kappa shape index (κ1) is 17.6. The van der Waals surface area contributed by atoms with Crippen molar-refractivity contribution in [1.29, 1.82) is 0 Å². The third-order valence-corrected chi connectivity index (χ3v) is 5.76. The molecule has 25 heavy (non-hydrogen) atoms. The SMILES string of the molecule is CC1=CC(=O)C(C2CCCCC2)=C/C1=N/OS(=O)(=O)c1ccccc1. The fraction of sp³-hybridized carbons (Fsp3) is 0.368. The first-order valence-corrected chi connectivity index (χ1v) is 9.89. The van der Waals surface area contributed by atoms with Crippen molar-refractivity contribution in [2.24, 2.45) is 11.1 Å². The summed E-state index contributed by atoms with van der Waals surface area (Å²) >= 11 is 0. The maximum absolute atomic E-state index is 12.3. The van der Waals surface area contributed by atoms with Gasteiger partial charge >= 0.3 is 10.1 Å². The highest BCUT2D eigenvalue weighted by atomic mass is 32.2. The fourth-order valence-corrected chi connectivity index (χ4v) is 3.99. The van der Waals surface area contributed by atoms with Gasteiger partial charge in [-0.15, -0.1) is 0 Å². The lowest BCUT2D eigenvalue weighted by Crippen LogP contribution is -2.20. The fourth-order valence-electron chi connectivity index (χ4n) is 3.24. The Morgan fingerprint density at radius 1 is 1.04 bits per heavy atom. The molecule has 0 saturated heterocycles. The van der Waals surface area contributed by atoms with E-state index in [1.807, 2.05) is 0 Å². The first-order valence-electron chi connectivity index (χ1n) is 8.48. The minimum atomic E-state index is -3.97. The molecule has 0 aliphatic heterocycles.